The average Bonchev–Trinajstić information content (AvgIpc) is 3.02. The molecule has 3 aliphatic rings. The summed E-state index contributed by atoms with van der Waals surface area (Å²) in [5, 5.41) is 10.6. The Balaban J connectivity index is 0.00000161. The Morgan fingerprint density at radius 3 is 2.68 bits per heavy atom. The van der Waals surface area contributed by atoms with E-state index < -0.39 is 5.66 Å². The second-order valence-electron chi connectivity index (χ2n) is 9.22. The monoisotopic (exact) mass is 520 g/mol. The number of nitrogens with zero attached hydrogens (tertiary/aromatic N) is 1. The minimum atomic E-state index is -0.638. The molecule has 2 aliphatic heterocycles. The first-order chi connectivity index (χ1) is 18.3. The standard InChI is InChI=1S/C29H38N4O2.C2H6O/c1-7-12-22(9-3)20-34-24-13-11-14-27(35-21(5)8-2)25(17-24)29(6)32-26-16-15-23(18-30-10-4)19-31-28(26)33-29;1-3-2/h7,9,12-15,17,19,21,30,32-33H,1,3,8,10,16,18,20H2,2,4-6H3;1-2H3/b22-12+;. The molecular weight excluding hydrogens is 476 g/mol. The molecule has 2 unspecified atom stereocenters. The number of hydrogen-bond donors (Lipinski definition) is 3. The maximum atomic E-state index is 6.33. The molecule has 0 fully saturated rings. The molecule has 0 spiro atoms. The predicted octanol–water partition coefficient (Wildman–Crippen LogP) is 5.33. The third-order valence-electron chi connectivity index (χ3n) is 6.00. The molecule has 0 radical (unpaired) electrons. The van der Waals surface area contributed by atoms with Crippen LogP contribution in [0.15, 0.2) is 106 Å². The summed E-state index contributed by atoms with van der Waals surface area (Å²) in [6.07, 6.45) is 16.9. The van der Waals surface area contributed by atoms with Gasteiger partial charge < -0.3 is 30.2 Å². The van der Waals surface area contributed by atoms with Crippen molar-refractivity contribution in [2.45, 2.75) is 52.3 Å². The Hall–Kier alpha value is -3.51. The Morgan fingerprint density at radius 2 is 2.03 bits per heavy atom. The molecule has 0 aromatic carbocycles. The van der Waals surface area contributed by atoms with Gasteiger partial charge in [0, 0.05) is 51.1 Å². The number of allylic oxidation sites excluding steroid dienone is 5. The number of ether oxygens (including phenoxy) is 3. The first-order valence-electron chi connectivity index (χ1n) is 13.1. The largest absolute Gasteiger partial charge is 0.490 e. The summed E-state index contributed by atoms with van der Waals surface area (Å²) in [5.41, 5.74) is 6.66. The van der Waals surface area contributed by atoms with Crippen molar-refractivity contribution < 1.29 is 14.2 Å². The van der Waals surface area contributed by atoms with Gasteiger partial charge in [-0.3, -0.25) is 0 Å². The van der Waals surface area contributed by atoms with E-state index in [4.69, 9.17) is 14.5 Å². The molecule has 0 saturated heterocycles. The summed E-state index contributed by atoms with van der Waals surface area (Å²) >= 11 is 0. The summed E-state index contributed by atoms with van der Waals surface area (Å²) in [5.74, 6) is 2.26. The topological polar surface area (TPSA) is 76.1 Å². The van der Waals surface area contributed by atoms with Crippen LogP contribution in [0.2, 0.25) is 0 Å². The molecular formula is C31H44N4O3. The molecule has 3 N–H and O–H groups in total. The third kappa shape index (κ3) is 8.80. The van der Waals surface area contributed by atoms with E-state index in [1.165, 1.54) is 5.57 Å². The van der Waals surface area contributed by atoms with Gasteiger partial charge in [-0.25, -0.2) is 4.99 Å². The second kappa shape index (κ2) is 15.7. The van der Waals surface area contributed by atoms with Crippen LogP contribution in [0.1, 0.15) is 40.5 Å². The van der Waals surface area contributed by atoms with Crippen LogP contribution in [0.25, 0.3) is 0 Å². The summed E-state index contributed by atoms with van der Waals surface area (Å²) in [4.78, 5) is 4.74. The molecule has 0 saturated carbocycles. The van der Waals surface area contributed by atoms with Gasteiger partial charge in [-0.2, -0.15) is 0 Å². The fourth-order valence-electron chi connectivity index (χ4n) is 3.81. The Bertz CT molecular complexity index is 1100. The highest BCUT2D eigenvalue weighted by atomic mass is 16.5. The summed E-state index contributed by atoms with van der Waals surface area (Å²) in [6.45, 7) is 18.1. The van der Waals surface area contributed by atoms with Gasteiger partial charge in [0.2, 0.25) is 0 Å². The predicted molar refractivity (Wildman–Crippen MR) is 157 cm³/mol. The molecule has 1 aliphatic carbocycles. The lowest BCUT2D eigenvalue weighted by Crippen LogP contribution is -2.49. The lowest BCUT2D eigenvalue weighted by atomic mass is 9.99. The zero-order valence-electron chi connectivity index (χ0n) is 23.8. The summed E-state index contributed by atoms with van der Waals surface area (Å²) in [6, 6.07) is 0. The molecule has 2 atom stereocenters. The zero-order valence-corrected chi connectivity index (χ0v) is 23.8. The number of nitrogens with one attached hydrogen (secondary N) is 3. The Kier molecular flexibility index (Phi) is 12.7. The molecule has 38 heavy (non-hydrogen) atoms. The smallest absolute Gasteiger partial charge is 0.147 e. The molecule has 7 nitrogen and oxygen atoms in total. The minimum absolute atomic E-state index is 0.0576. The molecule has 0 bridgehead atoms. The molecule has 0 aromatic rings. The van der Waals surface area contributed by atoms with Crippen LogP contribution in [-0.4, -0.2) is 51.9 Å². The SMILES string of the molecule is C=C/C=C(\C=C)COC1=CC(C2(C)NC3=C(N=CC(CNCC)=CC3)N2)=C(OC(C)CC)C=C=C1.COC. The fourth-order valence-corrected chi connectivity index (χ4v) is 3.81. The third-order valence-corrected chi connectivity index (χ3v) is 6.00. The fraction of sp³-hybridized carbons (Fsp3) is 0.419. The van der Waals surface area contributed by atoms with Crippen LogP contribution >= 0.6 is 0 Å². The maximum Gasteiger partial charge on any atom is 0.147 e. The molecule has 206 valence electrons. The van der Waals surface area contributed by atoms with E-state index in [0.717, 1.165) is 54.4 Å². The van der Waals surface area contributed by atoms with Crippen LogP contribution in [0.4, 0.5) is 0 Å². The highest BCUT2D eigenvalue weighted by Crippen LogP contribution is 2.33. The molecule has 0 aromatic heterocycles. The number of hydrogen-bond acceptors (Lipinski definition) is 7. The van der Waals surface area contributed by atoms with E-state index in [9.17, 15) is 0 Å². The summed E-state index contributed by atoms with van der Waals surface area (Å²) in [7, 11) is 3.25. The maximum absolute atomic E-state index is 6.33. The molecule has 2 heterocycles. The van der Waals surface area contributed by atoms with E-state index in [-0.39, 0.29) is 6.10 Å². The van der Waals surface area contributed by atoms with E-state index in [0.29, 0.717) is 12.4 Å². The Labute approximate surface area is 228 Å². The van der Waals surface area contributed by atoms with Crippen LogP contribution < -0.4 is 16.0 Å². The highest BCUT2D eigenvalue weighted by Gasteiger charge is 2.39. The van der Waals surface area contributed by atoms with E-state index in [1.807, 2.05) is 30.5 Å². The van der Waals surface area contributed by atoms with Crippen molar-refractivity contribution in [1.82, 2.24) is 16.0 Å². The number of rotatable bonds is 12. The average molecular weight is 521 g/mol. The van der Waals surface area contributed by atoms with Crippen LogP contribution in [-0.2, 0) is 14.2 Å². The van der Waals surface area contributed by atoms with Crippen molar-refractivity contribution in [3.05, 3.63) is 101 Å². The van der Waals surface area contributed by atoms with Gasteiger partial charge >= 0.3 is 0 Å². The Morgan fingerprint density at radius 1 is 1.26 bits per heavy atom. The van der Waals surface area contributed by atoms with E-state index in [1.54, 1.807) is 26.4 Å². The van der Waals surface area contributed by atoms with Crippen LogP contribution in [0.3, 0.4) is 0 Å². The summed E-state index contributed by atoms with van der Waals surface area (Å²) < 4.78 is 16.7. The van der Waals surface area contributed by atoms with E-state index in [2.05, 4.69) is 73.3 Å². The van der Waals surface area contributed by atoms with Crippen LogP contribution in [0, 0.1) is 0 Å². The highest BCUT2D eigenvalue weighted by molar-refractivity contribution is 5.80. The van der Waals surface area contributed by atoms with Crippen molar-refractivity contribution in [3.63, 3.8) is 0 Å². The van der Waals surface area contributed by atoms with Gasteiger partial charge in [0.1, 0.15) is 29.6 Å². The minimum Gasteiger partial charge on any atom is -0.490 e. The first kappa shape index (κ1) is 30.7. The van der Waals surface area contributed by atoms with Gasteiger partial charge in [-0.05, 0) is 44.0 Å². The van der Waals surface area contributed by atoms with Crippen molar-refractivity contribution >= 4 is 6.21 Å². The van der Waals surface area contributed by atoms with Crippen molar-refractivity contribution in [3.8, 4) is 0 Å². The number of likely N-dealkylation sites (N-methyl/N-ethyl adjacent to an activating group) is 1. The van der Waals surface area contributed by atoms with Crippen LogP contribution in [0.5, 0.6) is 0 Å². The van der Waals surface area contributed by atoms with Gasteiger partial charge in [-0.15, -0.1) is 5.73 Å². The van der Waals surface area contributed by atoms with Crippen molar-refractivity contribution in [2.24, 2.45) is 4.99 Å². The zero-order chi connectivity index (χ0) is 28.0. The number of aliphatic imine (C=N–C) groups is 1. The molecule has 3 rings (SSSR count). The number of methoxy groups -OCH3 is 1. The lowest BCUT2D eigenvalue weighted by molar-refractivity contribution is 0.132. The van der Waals surface area contributed by atoms with Crippen molar-refractivity contribution in [1.29, 1.82) is 0 Å². The van der Waals surface area contributed by atoms with Crippen molar-refractivity contribution in [2.75, 3.05) is 33.9 Å². The first-order valence-corrected chi connectivity index (χ1v) is 13.1. The second-order valence-corrected chi connectivity index (χ2v) is 9.22. The molecule has 7 heteroatoms. The quantitative estimate of drug-likeness (QED) is 0.239. The molecule has 0 amide bonds. The van der Waals surface area contributed by atoms with Gasteiger partial charge in [0.15, 0.2) is 0 Å². The van der Waals surface area contributed by atoms with Gasteiger partial charge in [0.25, 0.3) is 0 Å². The normalized spacial score (nSPS) is 21.1. The van der Waals surface area contributed by atoms with E-state index >= 15 is 0 Å². The lowest BCUT2D eigenvalue weighted by Gasteiger charge is -2.31. The van der Waals surface area contributed by atoms with Gasteiger partial charge in [-0.1, -0.05) is 51.3 Å². The van der Waals surface area contributed by atoms with Gasteiger partial charge in [0.05, 0.1) is 11.8 Å².